The zero-order valence-corrected chi connectivity index (χ0v) is 19.2. The summed E-state index contributed by atoms with van der Waals surface area (Å²) < 4.78 is 5.66. The van der Waals surface area contributed by atoms with E-state index in [1.807, 2.05) is 0 Å². The Labute approximate surface area is 194 Å². The predicted molar refractivity (Wildman–Crippen MR) is 131 cm³/mol. The van der Waals surface area contributed by atoms with Crippen LogP contribution in [0.3, 0.4) is 0 Å². The topological polar surface area (TPSA) is 58.2 Å². The molecule has 0 fully saturated rings. The fourth-order valence-electron chi connectivity index (χ4n) is 5.09. The van der Waals surface area contributed by atoms with Crippen LogP contribution in [0.25, 0.3) is 10.9 Å². The first-order valence-electron chi connectivity index (χ1n) is 11.6. The van der Waals surface area contributed by atoms with Crippen LogP contribution in [0.5, 0.6) is 5.75 Å². The third-order valence-electron chi connectivity index (χ3n) is 6.83. The number of para-hydroxylation sites is 1. The molecule has 0 spiro atoms. The lowest BCUT2D eigenvalue weighted by atomic mass is 9.86. The van der Waals surface area contributed by atoms with Crippen LogP contribution in [-0.2, 0) is 19.3 Å². The molecule has 168 valence electrons. The number of hydrogen-bond donors (Lipinski definition) is 1. The zero-order valence-electron chi connectivity index (χ0n) is 19.2. The molecular weight excluding hydrogens is 410 g/mol. The molecule has 5 heteroatoms. The number of benzene rings is 2. The van der Waals surface area contributed by atoms with Gasteiger partial charge in [0.05, 0.1) is 13.2 Å². The van der Waals surface area contributed by atoms with Crippen LogP contribution in [-0.4, -0.2) is 34.4 Å². The van der Waals surface area contributed by atoms with Crippen molar-refractivity contribution in [1.29, 1.82) is 0 Å². The van der Waals surface area contributed by atoms with Crippen molar-refractivity contribution in [3.63, 3.8) is 0 Å². The molecule has 3 heterocycles. The molecule has 4 aromatic rings. The minimum Gasteiger partial charge on any atom is -0.496 e. The van der Waals surface area contributed by atoms with E-state index in [9.17, 15) is 4.79 Å². The van der Waals surface area contributed by atoms with E-state index in [2.05, 4.69) is 64.4 Å². The number of carbonyl (C=O) groups is 1. The van der Waals surface area contributed by atoms with Gasteiger partial charge in [0.15, 0.2) is 0 Å². The number of amides is 1. The summed E-state index contributed by atoms with van der Waals surface area (Å²) in [5.74, 6) is 1.02. The van der Waals surface area contributed by atoms with Crippen LogP contribution in [0.15, 0.2) is 67.1 Å². The number of aromatic amines is 1. The lowest BCUT2D eigenvalue weighted by Crippen LogP contribution is -2.40. The van der Waals surface area contributed by atoms with Crippen molar-refractivity contribution < 1.29 is 9.53 Å². The SMILES string of the molecule is CCc1cc2c(cc1OC)CCN(C(=O)c1ccncc1)C2CCc1c[nH]c2ccccc12. The third-order valence-corrected chi connectivity index (χ3v) is 6.83. The Morgan fingerprint density at radius 2 is 1.97 bits per heavy atom. The number of rotatable bonds is 6. The molecule has 1 aliphatic rings. The number of pyridine rings is 1. The van der Waals surface area contributed by atoms with Crippen molar-refractivity contribution in [3.05, 3.63) is 94.9 Å². The highest BCUT2D eigenvalue weighted by atomic mass is 16.5. The van der Waals surface area contributed by atoms with Crippen LogP contribution in [0.1, 0.15) is 52.0 Å². The van der Waals surface area contributed by atoms with Crippen molar-refractivity contribution in [3.8, 4) is 5.75 Å². The normalized spacial score (nSPS) is 15.5. The van der Waals surface area contributed by atoms with Gasteiger partial charge in [-0.15, -0.1) is 0 Å². The van der Waals surface area contributed by atoms with E-state index in [4.69, 9.17) is 4.74 Å². The molecule has 33 heavy (non-hydrogen) atoms. The van der Waals surface area contributed by atoms with Gasteiger partial charge in [-0.2, -0.15) is 0 Å². The molecule has 0 aliphatic carbocycles. The second-order valence-corrected chi connectivity index (χ2v) is 8.61. The Kier molecular flexibility index (Phi) is 5.86. The van der Waals surface area contributed by atoms with E-state index >= 15 is 0 Å². The molecule has 2 aromatic carbocycles. The molecule has 0 saturated carbocycles. The van der Waals surface area contributed by atoms with Gasteiger partial charge in [-0.1, -0.05) is 25.1 Å². The molecule has 1 amide bonds. The Morgan fingerprint density at radius 3 is 2.76 bits per heavy atom. The van der Waals surface area contributed by atoms with Gasteiger partial charge in [0.2, 0.25) is 0 Å². The summed E-state index contributed by atoms with van der Waals surface area (Å²) in [5.41, 5.74) is 6.85. The number of fused-ring (bicyclic) bond motifs is 2. The molecule has 2 aromatic heterocycles. The van der Waals surface area contributed by atoms with Crippen molar-refractivity contribution >= 4 is 16.8 Å². The predicted octanol–water partition coefficient (Wildman–Crippen LogP) is 5.51. The van der Waals surface area contributed by atoms with E-state index in [-0.39, 0.29) is 11.9 Å². The fourth-order valence-corrected chi connectivity index (χ4v) is 5.09. The lowest BCUT2D eigenvalue weighted by molar-refractivity contribution is 0.0650. The van der Waals surface area contributed by atoms with Gasteiger partial charge in [0, 0.05) is 41.6 Å². The second-order valence-electron chi connectivity index (χ2n) is 8.61. The maximum absolute atomic E-state index is 13.5. The minimum absolute atomic E-state index is 0.0132. The Bertz CT molecular complexity index is 1280. The summed E-state index contributed by atoms with van der Waals surface area (Å²) in [6, 6.07) is 16.5. The number of aromatic nitrogens is 2. The number of carbonyl (C=O) groups excluding carboxylic acids is 1. The molecular formula is C28H29N3O2. The first-order valence-corrected chi connectivity index (χ1v) is 11.6. The first-order chi connectivity index (χ1) is 16.2. The standard InChI is InChI=1S/C28H29N3O2/c1-3-19-16-24-21(17-27(19)33-2)12-15-31(28(32)20-10-13-29-14-11-20)26(24)9-8-22-18-30-25-7-5-4-6-23(22)25/h4-7,10-11,13-14,16-18,26,30H,3,8-9,12,15H2,1-2H3. The summed E-state index contributed by atoms with van der Waals surface area (Å²) >= 11 is 0. The van der Waals surface area contributed by atoms with Gasteiger partial charge in [0.25, 0.3) is 5.91 Å². The number of H-pyrrole nitrogens is 1. The van der Waals surface area contributed by atoms with Gasteiger partial charge in [-0.25, -0.2) is 0 Å². The Balaban J connectivity index is 1.52. The molecule has 1 N–H and O–H groups in total. The van der Waals surface area contributed by atoms with E-state index < -0.39 is 0 Å². The number of ether oxygens (including phenoxy) is 1. The molecule has 1 atom stereocenters. The van der Waals surface area contributed by atoms with Crippen molar-refractivity contribution in [2.45, 2.75) is 38.6 Å². The van der Waals surface area contributed by atoms with Gasteiger partial charge >= 0.3 is 0 Å². The third kappa shape index (κ3) is 3.99. The van der Waals surface area contributed by atoms with Gasteiger partial charge in [0.1, 0.15) is 5.75 Å². The maximum atomic E-state index is 13.5. The Morgan fingerprint density at radius 1 is 1.15 bits per heavy atom. The summed E-state index contributed by atoms with van der Waals surface area (Å²) in [6.07, 6.45) is 8.95. The van der Waals surface area contributed by atoms with Crippen LogP contribution < -0.4 is 4.74 Å². The van der Waals surface area contributed by atoms with Gasteiger partial charge < -0.3 is 14.6 Å². The number of nitrogens with one attached hydrogen (secondary N) is 1. The highest BCUT2D eigenvalue weighted by Crippen LogP contribution is 2.38. The maximum Gasteiger partial charge on any atom is 0.254 e. The van der Waals surface area contributed by atoms with Crippen LogP contribution >= 0.6 is 0 Å². The number of nitrogens with zero attached hydrogens (tertiary/aromatic N) is 2. The molecule has 0 bridgehead atoms. The van der Waals surface area contributed by atoms with E-state index in [0.717, 1.165) is 36.9 Å². The second kappa shape index (κ2) is 9.10. The van der Waals surface area contributed by atoms with Crippen LogP contribution in [0.2, 0.25) is 0 Å². The molecule has 5 rings (SSSR count). The number of methoxy groups -OCH3 is 1. The minimum atomic E-state index is 0.0132. The van der Waals surface area contributed by atoms with Gasteiger partial charge in [-0.05, 0) is 78.3 Å². The lowest BCUT2D eigenvalue weighted by Gasteiger charge is -2.38. The smallest absolute Gasteiger partial charge is 0.254 e. The quantitative estimate of drug-likeness (QED) is 0.431. The highest BCUT2D eigenvalue weighted by molar-refractivity contribution is 5.94. The average Bonchev–Trinajstić information content (AvgIpc) is 3.29. The van der Waals surface area contributed by atoms with E-state index in [0.29, 0.717) is 12.1 Å². The van der Waals surface area contributed by atoms with Crippen molar-refractivity contribution in [2.75, 3.05) is 13.7 Å². The van der Waals surface area contributed by atoms with Gasteiger partial charge in [-0.3, -0.25) is 9.78 Å². The number of aryl methyl sites for hydroxylation is 2. The fraction of sp³-hybridized carbons (Fsp3) is 0.286. The van der Waals surface area contributed by atoms with E-state index in [1.54, 1.807) is 31.6 Å². The molecule has 1 aliphatic heterocycles. The summed E-state index contributed by atoms with van der Waals surface area (Å²) in [5, 5.41) is 1.25. The number of hydrogen-bond acceptors (Lipinski definition) is 3. The molecule has 0 radical (unpaired) electrons. The van der Waals surface area contributed by atoms with Crippen LogP contribution in [0, 0.1) is 0 Å². The molecule has 5 nitrogen and oxygen atoms in total. The zero-order chi connectivity index (χ0) is 22.8. The van der Waals surface area contributed by atoms with E-state index in [1.165, 1.54) is 27.6 Å². The largest absolute Gasteiger partial charge is 0.496 e. The Hall–Kier alpha value is -3.60. The summed E-state index contributed by atoms with van der Waals surface area (Å²) in [4.78, 5) is 23.1. The summed E-state index contributed by atoms with van der Waals surface area (Å²) in [6.45, 7) is 2.84. The highest BCUT2D eigenvalue weighted by Gasteiger charge is 2.32. The monoisotopic (exact) mass is 439 g/mol. The van der Waals surface area contributed by atoms with Crippen molar-refractivity contribution in [1.82, 2.24) is 14.9 Å². The van der Waals surface area contributed by atoms with Crippen LogP contribution in [0.4, 0.5) is 0 Å². The average molecular weight is 440 g/mol. The molecule has 0 saturated heterocycles. The first kappa shape index (κ1) is 21.3. The van der Waals surface area contributed by atoms with Crippen molar-refractivity contribution in [2.24, 2.45) is 0 Å². The molecule has 1 unspecified atom stereocenters. The summed E-state index contributed by atoms with van der Waals surface area (Å²) in [7, 11) is 1.73.